The average molecular weight is 317 g/mol. The van der Waals surface area contributed by atoms with Crippen LogP contribution in [0.1, 0.15) is 0 Å². The number of ether oxygens (including phenoxy) is 2. The van der Waals surface area contributed by atoms with Crippen LogP contribution in [0.4, 0.5) is 0 Å². The van der Waals surface area contributed by atoms with Gasteiger partial charge in [-0.15, -0.1) is 0 Å². The summed E-state index contributed by atoms with van der Waals surface area (Å²) in [6, 6.07) is 11.7. The highest BCUT2D eigenvalue weighted by Gasteiger charge is 2.13. The Morgan fingerprint density at radius 1 is 1.00 bits per heavy atom. The maximum Gasteiger partial charge on any atom is 0.193 e. The number of hydrogen-bond donors (Lipinski definition) is 0. The van der Waals surface area contributed by atoms with Crippen LogP contribution in [-0.4, -0.2) is 14.2 Å². The Morgan fingerprint density at radius 3 is 2.55 bits per heavy atom. The molecule has 0 N–H and O–H groups in total. The first-order valence-electron chi connectivity index (χ1n) is 6.58. The zero-order chi connectivity index (χ0) is 15.7. The second-order valence-corrected chi connectivity index (χ2v) is 5.12. The first kappa shape index (κ1) is 14.5. The summed E-state index contributed by atoms with van der Waals surface area (Å²) in [7, 11) is 3.13. The highest BCUT2D eigenvalue weighted by atomic mass is 35.5. The number of hydrogen-bond acceptors (Lipinski definition) is 4. The Morgan fingerprint density at radius 2 is 1.82 bits per heavy atom. The van der Waals surface area contributed by atoms with Crippen molar-refractivity contribution in [2.75, 3.05) is 14.2 Å². The molecule has 0 aliphatic carbocycles. The molecule has 0 aliphatic rings. The molecule has 2 aromatic carbocycles. The normalized spacial score (nSPS) is 10.7. The van der Waals surface area contributed by atoms with Gasteiger partial charge in [-0.05, 0) is 36.4 Å². The predicted octanol–water partition coefficient (Wildman–Crippen LogP) is 4.13. The summed E-state index contributed by atoms with van der Waals surface area (Å²) >= 11 is 5.92. The average Bonchev–Trinajstić information content (AvgIpc) is 2.54. The van der Waals surface area contributed by atoms with E-state index in [0.717, 1.165) is 0 Å². The van der Waals surface area contributed by atoms with Crippen molar-refractivity contribution in [2.24, 2.45) is 0 Å². The second-order valence-electron chi connectivity index (χ2n) is 4.68. The van der Waals surface area contributed by atoms with Crippen LogP contribution in [0.3, 0.4) is 0 Å². The van der Waals surface area contributed by atoms with E-state index in [-0.39, 0.29) is 5.43 Å². The molecule has 0 bridgehead atoms. The lowest BCUT2D eigenvalue weighted by Crippen LogP contribution is -2.01. The molecule has 3 rings (SSSR count). The molecule has 0 spiro atoms. The lowest BCUT2D eigenvalue weighted by Gasteiger charge is -2.10. The van der Waals surface area contributed by atoms with Crippen LogP contribution in [0.25, 0.3) is 22.3 Å². The van der Waals surface area contributed by atoms with E-state index in [0.29, 0.717) is 38.8 Å². The third kappa shape index (κ3) is 2.53. The quantitative estimate of drug-likeness (QED) is 0.729. The van der Waals surface area contributed by atoms with Crippen LogP contribution >= 0.6 is 11.6 Å². The minimum Gasteiger partial charge on any atom is -0.497 e. The van der Waals surface area contributed by atoms with E-state index in [2.05, 4.69) is 0 Å². The largest absolute Gasteiger partial charge is 0.497 e. The smallest absolute Gasteiger partial charge is 0.193 e. The summed E-state index contributed by atoms with van der Waals surface area (Å²) in [6.45, 7) is 0. The van der Waals surface area contributed by atoms with Gasteiger partial charge in [0.15, 0.2) is 5.43 Å². The van der Waals surface area contributed by atoms with E-state index in [1.54, 1.807) is 50.6 Å². The zero-order valence-corrected chi connectivity index (χ0v) is 12.8. The molecule has 1 heterocycles. The second kappa shape index (κ2) is 5.73. The van der Waals surface area contributed by atoms with Crippen molar-refractivity contribution >= 4 is 22.6 Å². The van der Waals surface area contributed by atoms with Gasteiger partial charge in [-0.1, -0.05) is 11.6 Å². The van der Waals surface area contributed by atoms with E-state index >= 15 is 0 Å². The molecular formula is C17H13ClO4. The molecule has 22 heavy (non-hydrogen) atoms. The lowest BCUT2D eigenvalue weighted by atomic mass is 10.1. The molecule has 0 fully saturated rings. The SMILES string of the molecule is COc1ccc(OC)c(-c2cc(=O)c3cc(Cl)ccc3o2)c1. The van der Waals surface area contributed by atoms with Crippen molar-refractivity contribution in [1.82, 2.24) is 0 Å². The number of methoxy groups -OCH3 is 2. The standard InChI is InChI=1S/C17H13ClO4/c1-20-11-4-6-15(21-2)13(8-11)17-9-14(19)12-7-10(18)3-5-16(12)22-17/h3-9H,1-2H3. The highest BCUT2D eigenvalue weighted by molar-refractivity contribution is 6.31. The third-order valence-electron chi connectivity index (χ3n) is 3.36. The zero-order valence-electron chi connectivity index (χ0n) is 12.1. The topological polar surface area (TPSA) is 48.7 Å². The summed E-state index contributed by atoms with van der Waals surface area (Å²) in [5.74, 6) is 1.66. The van der Waals surface area contributed by atoms with Gasteiger partial charge in [0.2, 0.25) is 0 Å². The van der Waals surface area contributed by atoms with Gasteiger partial charge in [0.05, 0.1) is 25.2 Å². The molecule has 0 saturated heterocycles. The van der Waals surface area contributed by atoms with E-state index < -0.39 is 0 Å². The molecule has 5 heteroatoms. The molecule has 0 atom stereocenters. The summed E-state index contributed by atoms with van der Waals surface area (Å²) in [6.07, 6.45) is 0. The van der Waals surface area contributed by atoms with Gasteiger partial charge in [0.25, 0.3) is 0 Å². The van der Waals surface area contributed by atoms with Gasteiger partial charge >= 0.3 is 0 Å². The fourth-order valence-electron chi connectivity index (χ4n) is 2.27. The van der Waals surface area contributed by atoms with E-state index in [9.17, 15) is 4.79 Å². The molecule has 0 radical (unpaired) electrons. The van der Waals surface area contributed by atoms with Gasteiger partial charge < -0.3 is 13.9 Å². The molecule has 0 aliphatic heterocycles. The van der Waals surface area contributed by atoms with Gasteiger partial charge in [-0.3, -0.25) is 4.79 Å². The van der Waals surface area contributed by atoms with Crippen LogP contribution in [0.2, 0.25) is 5.02 Å². The van der Waals surface area contributed by atoms with Gasteiger partial charge in [0, 0.05) is 11.1 Å². The highest BCUT2D eigenvalue weighted by Crippen LogP contribution is 2.34. The Balaban J connectivity index is 2.26. The number of benzene rings is 2. The predicted molar refractivity (Wildman–Crippen MR) is 86.0 cm³/mol. The van der Waals surface area contributed by atoms with Crippen molar-refractivity contribution in [1.29, 1.82) is 0 Å². The van der Waals surface area contributed by atoms with Crippen molar-refractivity contribution < 1.29 is 13.9 Å². The Labute approximate surface area is 131 Å². The molecular weight excluding hydrogens is 304 g/mol. The molecule has 4 nitrogen and oxygen atoms in total. The number of halogens is 1. The van der Waals surface area contributed by atoms with Crippen LogP contribution < -0.4 is 14.9 Å². The minimum absolute atomic E-state index is 0.163. The Kier molecular flexibility index (Phi) is 3.77. The first-order valence-corrected chi connectivity index (χ1v) is 6.96. The van der Waals surface area contributed by atoms with Crippen LogP contribution in [0.5, 0.6) is 11.5 Å². The van der Waals surface area contributed by atoms with Crippen LogP contribution in [-0.2, 0) is 0 Å². The molecule has 3 aromatic rings. The fraction of sp³-hybridized carbons (Fsp3) is 0.118. The van der Waals surface area contributed by atoms with E-state index in [1.807, 2.05) is 0 Å². The van der Waals surface area contributed by atoms with Crippen LogP contribution in [0.15, 0.2) is 51.7 Å². The summed E-state index contributed by atoms with van der Waals surface area (Å²) < 4.78 is 16.4. The minimum atomic E-state index is -0.163. The van der Waals surface area contributed by atoms with Gasteiger partial charge in [-0.2, -0.15) is 0 Å². The number of fused-ring (bicyclic) bond motifs is 1. The van der Waals surface area contributed by atoms with E-state index in [1.165, 1.54) is 6.07 Å². The van der Waals surface area contributed by atoms with Gasteiger partial charge in [-0.25, -0.2) is 0 Å². The number of rotatable bonds is 3. The lowest BCUT2D eigenvalue weighted by molar-refractivity contribution is 0.403. The van der Waals surface area contributed by atoms with E-state index in [4.69, 9.17) is 25.5 Å². The van der Waals surface area contributed by atoms with Gasteiger partial charge in [0.1, 0.15) is 22.8 Å². The van der Waals surface area contributed by atoms with Crippen molar-refractivity contribution in [3.8, 4) is 22.8 Å². The van der Waals surface area contributed by atoms with Crippen molar-refractivity contribution in [3.05, 3.63) is 57.7 Å². The van der Waals surface area contributed by atoms with Crippen LogP contribution in [0, 0.1) is 0 Å². The third-order valence-corrected chi connectivity index (χ3v) is 3.60. The monoisotopic (exact) mass is 316 g/mol. The molecule has 0 amide bonds. The molecule has 112 valence electrons. The van der Waals surface area contributed by atoms with Crippen molar-refractivity contribution in [2.45, 2.75) is 0 Å². The summed E-state index contributed by atoms with van der Waals surface area (Å²) in [4.78, 5) is 12.3. The molecule has 0 unspecified atom stereocenters. The molecule has 1 aromatic heterocycles. The maximum atomic E-state index is 12.3. The fourth-order valence-corrected chi connectivity index (χ4v) is 2.44. The first-order chi connectivity index (χ1) is 10.6. The summed E-state index contributed by atoms with van der Waals surface area (Å²) in [5, 5.41) is 0.935. The summed E-state index contributed by atoms with van der Waals surface area (Å²) in [5.41, 5.74) is 0.955. The Hall–Kier alpha value is -2.46. The molecule has 0 saturated carbocycles. The Bertz CT molecular complexity index is 899. The maximum absolute atomic E-state index is 12.3. The van der Waals surface area contributed by atoms with Crippen molar-refractivity contribution in [3.63, 3.8) is 0 Å².